The van der Waals surface area contributed by atoms with Crippen LogP contribution < -0.4 is 0 Å². The molecule has 2 nitrogen and oxygen atoms in total. The minimum atomic E-state index is -0.467. The van der Waals surface area contributed by atoms with Crippen LogP contribution in [0.2, 0.25) is 0 Å². The first-order chi connectivity index (χ1) is 7.63. The van der Waals surface area contributed by atoms with Crippen molar-refractivity contribution in [2.24, 2.45) is 0 Å². The van der Waals surface area contributed by atoms with Gasteiger partial charge in [0.1, 0.15) is 12.1 Å². The number of rotatable bonds is 2. The molecule has 0 saturated heterocycles. The van der Waals surface area contributed by atoms with Crippen LogP contribution in [-0.2, 0) is 4.79 Å². The first-order valence-corrected chi connectivity index (χ1v) is 5.49. The zero-order valence-corrected chi connectivity index (χ0v) is 9.44. The van der Waals surface area contributed by atoms with Gasteiger partial charge in [-0.1, -0.05) is 23.6 Å². The van der Waals surface area contributed by atoms with E-state index in [1.165, 1.54) is 25.1 Å². The normalized spacial score (nSPS) is 9.12. The largest absolute Gasteiger partial charge is 0.298 e. The molecule has 0 aliphatic rings. The third-order valence-corrected chi connectivity index (χ3v) is 2.39. The van der Waals surface area contributed by atoms with Crippen LogP contribution in [0, 0.1) is 17.7 Å². The molecule has 0 fully saturated rings. The van der Waals surface area contributed by atoms with Crippen molar-refractivity contribution >= 4 is 23.2 Å². The minimum absolute atomic E-state index is 0.0311. The van der Waals surface area contributed by atoms with E-state index in [2.05, 4.69) is 11.8 Å². The second kappa shape index (κ2) is 6.09. The average molecular weight is 236 g/mol. The summed E-state index contributed by atoms with van der Waals surface area (Å²) in [6.45, 7) is 1.44. The van der Waals surface area contributed by atoms with Gasteiger partial charge in [0.05, 0.1) is 11.3 Å². The molecule has 1 rings (SSSR count). The Balaban J connectivity index is 2.79. The number of benzene rings is 1. The quantitative estimate of drug-likeness (QED) is 0.583. The van der Waals surface area contributed by atoms with Crippen molar-refractivity contribution in [2.45, 2.75) is 6.92 Å². The van der Waals surface area contributed by atoms with Crippen LogP contribution in [0.4, 0.5) is 4.39 Å². The predicted molar refractivity (Wildman–Crippen MR) is 61.8 cm³/mol. The number of thioether (sulfide) groups is 1. The van der Waals surface area contributed by atoms with Crippen molar-refractivity contribution in [1.29, 1.82) is 0 Å². The van der Waals surface area contributed by atoms with Gasteiger partial charge in [0.15, 0.2) is 5.12 Å². The van der Waals surface area contributed by atoms with Crippen LogP contribution in [-0.4, -0.2) is 17.2 Å². The smallest absolute Gasteiger partial charge is 0.186 e. The van der Waals surface area contributed by atoms with Crippen LogP contribution in [0.3, 0.4) is 0 Å². The van der Waals surface area contributed by atoms with Gasteiger partial charge in [-0.3, -0.25) is 9.59 Å². The maximum atomic E-state index is 13.2. The maximum Gasteiger partial charge on any atom is 0.186 e. The van der Waals surface area contributed by atoms with E-state index in [-0.39, 0.29) is 10.7 Å². The van der Waals surface area contributed by atoms with Crippen molar-refractivity contribution < 1.29 is 14.0 Å². The molecule has 0 amide bonds. The Morgan fingerprint density at radius 3 is 2.94 bits per heavy atom. The van der Waals surface area contributed by atoms with E-state index in [4.69, 9.17) is 0 Å². The molecule has 0 saturated carbocycles. The Hall–Kier alpha value is -1.60. The van der Waals surface area contributed by atoms with Gasteiger partial charge in [-0.15, -0.1) is 0 Å². The van der Waals surface area contributed by atoms with Crippen molar-refractivity contribution in [3.8, 4) is 11.8 Å². The first kappa shape index (κ1) is 12.5. The summed E-state index contributed by atoms with van der Waals surface area (Å²) in [6.07, 6.45) is 0.634. The summed E-state index contributed by atoms with van der Waals surface area (Å²) in [5, 5.41) is -0.0311. The molecule has 4 heteroatoms. The van der Waals surface area contributed by atoms with Crippen LogP contribution in [0.25, 0.3) is 0 Å². The van der Waals surface area contributed by atoms with Gasteiger partial charge in [-0.25, -0.2) is 4.39 Å². The van der Waals surface area contributed by atoms with Gasteiger partial charge in [-0.2, -0.15) is 0 Å². The molecule has 0 aromatic heterocycles. The van der Waals surface area contributed by atoms with Gasteiger partial charge in [0.2, 0.25) is 0 Å². The van der Waals surface area contributed by atoms with Gasteiger partial charge in [0.25, 0.3) is 0 Å². The Bertz CT molecular complexity index is 472. The molecule has 1 aromatic rings. The monoisotopic (exact) mass is 236 g/mol. The molecule has 16 heavy (non-hydrogen) atoms. The Kier molecular flexibility index (Phi) is 4.74. The lowest BCUT2D eigenvalue weighted by Gasteiger charge is -1.95. The molecule has 0 heterocycles. The maximum absolute atomic E-state index is 13.2. The highest BCUT2D eigenvalue weighted by Gasteiger charge is 1.99. The molecule has 0 atom stereocenters. The van der Waals surface area contributed by atoms with Gasteiger partial charge in [-0.05, 0) is 18.2 Å². The molecule has 0 N–H and O–H groups in total. The molecule has 0 bridgehead atoms. The van der Waals surface area contributed by atoms with E-state index < -0.39 is 5.82 Å². The predicted octanol–water partition coefficient (Wildman–Crippen LogP) is 2.27. The second-order valence-corrected chi connectivity index (χ2v) is 4.09. The topological polar surface area (TPSA) is 34.1 Å². The zero-order chi connectivity index (χ0) is 12.0. The summed E-state index contributed by atoms with van der Waals surface area (Å²) in [5.74, 6) is 5.10. The summed E-state index contributed by atoms with van der Waals surface area (Å²) in [6, 6.07) is 3.97. The highest BCUT2D eigenvalue weighted by molar-refractivity contribution is 8.13. The fourth-order valence-corrected chi connectivity index (χ4v) is 1.33. The van der Waals surface area contributed by atoms with Gasteiger partial charge in [0, 0.05) is 12.5 Å². The third kappa shape index (κ3) is 3.87. The Labute approximate surface area is 97.2 Å². The van der Waals surface area contributed by atoms with E-state index in [1.807, 2.05) is 0 Å². The van der Waals surface area contributed by atoms with E-state index in [1.54, 1.807) is 0 Å². The third-order valence-electron chi connectivity index (χ3n) is 1.70. The number of carbonyl (C=O) groups excluding carboxylic acids is 2. The van der Waals surface area contributed by atoms with E-state index in [0.717, 1.165) is 11.8 Å². The lowest BCUT2D eigenvalue weighted by atomic mass is 10.1. The molecule has 0 unspecified atom stereocenters. The molecule has 0 aliphatic heterocycles. The van der Waals surface area contributed by atoms with Crippen molar-refractivity contribution in [2.75, 3.05) is 5.75 Å². The number of halogens is 1. The fourth-order valence-electron chi connectivity index (χ4n) is 0.981. The summed E-state index contributed by atoms with van der Waals surface area (Å²) >= 11 is 1.06. The zero-order valence-electron chi connectivity index (χ0n) is 8.62. The summed E-state index contributed by atoms with van der Waals surface area (Å²) < 4.78 is 13.2. The number of hydrogen-bond acceptors (Lipinski definition) is 3. The van der Waals surface area contributed by atoms with E-state index in [0.29, 0.717) is 17.6 Å². The number of carbonyl (C=O) groups is 2. The molecule has 0 spiro atoms. The average Bonchev–Trinajstić information content (AvgIpc) is 2.26. The summed E-state index contributed by atoms with van der Waals surface area (Å²) in [4.78, 5) is 21.1. The first-order valence-electron chi connectivity index (χ1n) is 4.50. The van der Waals surface area contributed by atoms with Crippen molar-refractivity contribution in [1.82, 2.24) is 0 Å². The molecule has 82 valence electrons. The van der Waals surface area contributed by atoms with E-state index in [9.17, 15) is 14.0 Å². The molecule has 0 aliphatic carbocycles. The molecular formula is C12H9FO2S. The fraction of sp³-hybridized carbons (Fsp3) is 0.167. The highest BCUT2D eigenvalue weighted by atomic mass is 32.2. The van der Waals surface area contributed by atoms with Crippen LogP contribution in [0.15, 0.2) is 18.2 Å². The molecule has 0 radical (unpaired) electrons. The van der Waals surface area contributed by atoms with Crippen LogP contribution in [0.1, 0.15) is 22.8 Å². The van der Waals surface area contributed by atoms with Crippen molar-refractivity contribution in [3.05, 3.63) is 35.1 Å². The number of hydrogen-bond donors (Lipinski definition) is 0. The lowest BCUT2D eigenvalue weighted by molar-refractivity contribution is -0.109. The number of aldehydes is 1. The summed E-state index contributed by atoms with van der Waals surface area (Å²) in [5.41, 5.74) is 0.554. The van der Waals surface area contributed by atoms with Crippen LogP contribution >= 0.6 is 11.8 Å². The molecular weight excluding hydrogens is 227 g/mol. The van der Waals surface area contributed by atoms with Crippen LogP contribution in [0.5, 0.6) is 0 Å². The minimum Gasteiger partial charge on any atom is -0.298 e. The SMILES string of the molecule is CC(=O)SCC#Cc1cc(C=O)ccc1F. The second-order valence-electron chi connectivity index (χ2n) is 2.94. The Morgan fingerprint density at radius 1 is 1.56 bits per heavy atom. The van der Waals surface area contributed by atoms with Gasteiger partial charge >= 0.3 is 0 Å². The summed E-state index contributed by atoms with van der Waals surface area (Å²) in [7, 11) is 0. The van der Waals surface area contributed by atoms with E-state index >= 15 is 0 Å². The van der Waals surface area contributed by atoms with Crippen molar-refractivity contribution in [3.63, 3.8) is 0 Å². The highest BCUT2D eigenvalue weighted by Crippen LogP contribution is 2.08. The molecule has 1 aromatic carbocycles. The lowest BCUT2D eigenvalue weighted by Crippen LogP contribution is -1.88. The Morgan fingerprint density at radius 2 is 2.31 bits per heavy atom. The standard InChI is InChI=1S/C12H9FO2S/c1-9(15)16-6-2-3-11-7-10(8-14)4-5-12(11)13/h4-5,7-8H,6H2,1H3. The van der Waals surface area contributed by atoms with Gasteiger partial charge < -0.3 is 0 Å².